The molecule has 1 aliphatic rings. The number of aryl methyl sites for hydroxylation is 1. The maximum absolute atomic E-state index is 11.0. The summed E-state index contributed by atoms with van der Waals surface area (Å²) in [7, 11) is -4.03. The molecule has 1 fully saturated rings. The number of hydrogen-bond acceptors (Lipinski definition) is 9. The molecular weight excluding hydrogens is 400 g/mol. The van der Waals surface area contributed by atoms with E-state index in [1.807, 2.05) is 29.8 Å². The first kappa shape index (κ1) is 19.8. The van der Waals surface area contributed by atoms with Gasteiger partial charge in [0.1, 0.15) is 11.5 Å². The van der Waals surface area contributed by atoms with E-state index in [-0.39, 0.29) is 18.6 Å². The van der Waals surface area contributed by atoms with E-state index < -0.39 is 16.4 Å². The van der Waals surface area contributed by atoms with E-state index in [1.165, 1.54) is 0 Å². The number of aliphatic hydroxyl groups is 1. The van der Waals surface area contributed by atoms with E-state index in [1.54, 1.807) is 6.20 Å². The van der Waals surface area contributed by atoms with Crippen LogP contribution in [0.3, 0.4) is 0 Å². The Hall–Kier alpha value is -2.54. The molecule has 0 aliphatic heterocycles. The van der Waals surface area contributed by atoms with Crippen molar-refractivity contribution < 1.29 is 22.2 Å². The number of hydrogen-bond donors (Lipinski definition) is 3. The van der Waals surface area contributed by atoms with Crippen LogP contribution in [-0.4, -0.2) is 46.2 Å². The average Bonchev–Trinajstić information content (AvgIpc) is 3.36. The Balaban J connectivity index is 1.50. The molecule has 4 rings (SSSR count). The molecule has 1 aliphatic carbocycles. The van der Waals surface area contributed by atoms with E-state index in [2.05, 4.69) is 24.9 Å². The quantitative estimate of drug-likeness (QED) is 0.502. The summed E-state index contributed by atoms with van der Waals surface area (Å²) in [6, 6.07) is 3.75. The predicted octanol–water partition coefficient (Wildman–Crippen LogP) is 0.872. The van der Waals surface area contributed by atoms with Gasteiger partial charge in [-0.2, -0.15) is 13.5 Å². The molecule has 3 aromatic heterocycles. The highest BCUT2D eigenvalue weighted by Gasteiger charge is 2.35. The largest absolute Gasteiger partial charge is 0.393 e. The summed E-state index contributed by atoms with van der Waals surface area (Å²) in [5.74, 6) is 1.03. The van der Waals surface area contributed by atoms with Crippen LogP contribution >= 0.6 is 0 Å². The number of aliphatic hydroxyl groups excluding tert-OH is 1. The molecule has 0 spiro atoms. The predicted molar refractivity (Wildman–Crippen MR) is 103 cm³/mol. The third-order valence-electron chi connectivity index (χ3n) is 5.13. The van der Waals surface area contributed by atoms with Gasteiger partial charge in [0.25, 0.3) is 0 Å². The lowest BCUT2D eigenvalue weighted by Crippen LogP contribution is -2.24. The standard InChI is InChI=1S/C17H22N6O5S/c1-10-4-12(22-28-10)7-19-17-14-2-3-23(15(14)8-20-21-17)13-5-11(16(24)6-13)9-27-29(18,25)26/h2-4,8,11,13,16,24H,5-7,9H2,1H3,(H,19,21)(H2,18,25,26)/t11-,13+,16-/m0/s1. The van der Waals surface area contributed by atoms with Crippen LogP contribution in [0.4, 0.5) is 5.82 Å². The van der Waals surface area contributed by atoms with Crippen molar-refractivity contribution in [3.63, 3.8) is 0 Å². The summed E-state index contributed by atoms with van der Waals surface area (Å²) in [6.07, 6.45) is 3.94. The van der Waals surface area contributed by atoms with Gasteiger partial charge < -0.3 is 19.5 Å². The van der Waals surface area contributed by atoms with Crippen LogP contribution in [0.2, 0.25) is 0 Å². The van der Waals surface area contributed by atoms with E-state index in [9.17, 15) is 13.5 Å². The third-order valence-corrected chi connectivity index (χ3v) is 5.60. The second-order valence-electron chi connectivity index (χ2n) is 7.23. The first-order chi connectivity index (χ1) is 13.8. The maximum atomic E-state index is 11.0. The van der Waals surface area contributed by atoms with E-state index >= 15 is 0 Å². The summed E-state index contributed by atoms with van der Waals surface area (Å²) in [6.45, 7) is 2.14. The zero-order chi connectivity index (χ0) is 20.6. The Morgan fingerprint density at radius 3 is 3.00 bits per heavy atom. The lowest BCUT2D eigenvalue weighted by Gasteiger charge is -2.14. The van der Waals surface area contributed by atoms with Gasteiger partial charge in [0, 0.05) is 29.6 Å². The Morgan fingerprint density at radius 2 is 2.28 bits per heavy atom. The molecule has 0 amide bonds. The first-order valence-electron chi connectivity index (χ1n) is 9.13. The Kier molecular flexibility index (Phi) is 5.25. The number of nitrogens with one attached hydrogen (secondary N) is 1. The van der Waals surface area contributed by atoms with Gasteiger partial charge in [0.2, 0.25) is 0 Å². The summed E-state index contributed by atoms with van der Waals surface area (Å²) in [4.78, 5) is 0. The summed E-state index contributed by atoms with van der Waals surface area (Å²) >= 11 is 0. The second-order valence-corrected chi connectivity index (χ2v) is 8.45. The van der Waals surface area contributed by atoms with Gasteiger partial charge in [-0.05, 0) is 25.8 Å². The molecule has 1 saturated carbocycles. The second kappa shape index (κ2) is 7.71. The third kappa shape index (κ3) is 4.40. The van der Waals surface area contributed by atoms with Gasteiger partial charge >= 0.3 is 10.3 Å². The topological polar surface area (TPSA) is 158 Å². The van der Waals surface area contributed by atoms with E-state index in [0.29, 0.717) is 25.2 Å². The molecule has 4 N–H and O–H groups in total. The molecule has 3 aromatic rings. The molecular formula is C17H22N6O5S. The molecule has 3 atom stereocenters. The van der Waals surface area contributed by atoms with Crippen LogP contribution in [0.15, 0.2) is 29.0 Å². The van der Waals surface area contributed by atoms with Gasteiger partial charge in [-0.15, -0.1) is 5.10 Å². The number of rotatable bonds is 7. The zero-order valence-corrected chi connectivity index (χ0v) is 16.5. The molecule has 0 unspecified atom stereocenters. The highest BCUT2D eigenvalue weighted by atomic mass is 32.2. The minimum absolute atomic E-state index is 0.0215. The molecule has 3 heterocycles. The molecule has 11 nitrogen and oxygen atoms in total. The fraction of sp³-hybridized carbons (Fsp3) is 0.471. The summed E-state index contributed by atoms with van der Waals surface area (Å²) in [5, 5.41) is 31.5. The fourth-order valence-electron chi connectivity index (χ4n) is 3.78. The normalized spacial score (nSPS) is 22.4. The highest BCUT2D eigenvalue weighted by molar-refractivity contribution is 7.84. The van der Waals surface area contributed by atoms with Crippen LogP contribution in [0.5, 0.6) is 0 Å². The number of nitrogens with two attached hydrogens (primary N) is 1. The molecule has 0 aromatic carbocycles. The molecule has 0 bridgehead atoms. The Bertz CT molecular complexity index is 1110. The van der Waals surface area contributed by atoms with E-state index in [0.717, 1.165) is 22.4 Å². The van der Waals surface area contributed by atoms with Gasteiger partial charge in [-0.3, -0.25) is 4.18 Å². The highest BCUT2D eigenvalue weighted by Crippen LogP contribution is 2.38. The SMILES string of the molecule is Cc1cc(CNc2nncc3c2ccn3[C@@H]2C[C@@H](COS(N)(=O)=O)[C@@H](O)C2)no1. The van der Waals surface area contributed by atoms with Gasteiger partial charge in [0.15, 0.2) is 5.82 Å². The monoisotopic (exact) mass is 422 g/mol. The fourth-order valence-corrected chi connectivity index (χ4v) is 4.14. The van der Waals surface area contributed by atoms with Crippen molar-refractivity contribution in [2.24, 2.45) is 11.1 Å². The summed E-state index contributed by atoms with van der Waals surface area (Å²) in [5.41, 5.74) is 1.63. The van der Waals surface area contributed by atoms with Crippen molar-refractivity contribution >= 4 is 27.0 Å². The van der Waals surface area contributed by atoms with Crippen molar-refractivity contribution in [1.29, 1.82) is 0 Å². The van der Waals surface area contributed by atoms with Gasteiger partial charge in [0.05, 0.1) is 31.0 Å². The maximum Gasteiger partial charge on any atom is 0.333 e. The molecule has 12 heteroatoms. The number of anilines is 1. The van der Waals surface area contributed by atoms with E-state index in [4.69, 9.17) is 9.66 Å². The minimum Gasteiger partial charge on any atom is -0.393 e. The lowest BCUT2D eigenvalue weighted by molar-refractivity contribution is 0.100. The molecule has 29 heavy (non-hydrogen) atoms. The lowest BCUT2D eigenvalue weighted by atomic mass is 10.1. The Labute approximate surface area is 167 Å². The number of aromatic nitrogens is 4. The zero-order valence-electron chi connectivity index (χ0n) is 15.7. The molecule has 0 saturated heterocycles. The minimum atomic E-state index is -4.03. The first-order valence-corrected chi connectivity index (χ1v) is 10.6. The molecule has 156 valence electrons. The van der Waals surface area contributed by atoms with Crippen molar-refractivity contribution in [3.8, 4) is 0 Å². The Morgan fingerprint density at radius 1 is 1.45 bits per heavy atom. The van der Waals surface area contributed by atoms with Gasteiger partial charge in [-0.1, -0.05) is 5.16 Å². The number of nitrogens with zero attached hydrogens (tertiary/aromatic N) is 4. The van der Waals surface area contributed by atoms with Crippen molar-refractivity contribution in [2.75, 3.05) is 11.9 Å². The van der Waals surface area contributed by atoms with Crippen LogP contribution in [0, 0.1) is 12.8 Å². The van der Waals surface area contributed by atoms with Crippen LogP contribution in [0.25, 0.3) is 10.9 Å². The smallest absolute Gasteiger partial charge is 0.333 e. The van der Waals surface area contributed by atoms with Crippen molar-refractivity contribution in [3.05, 3.63) is 36.0 Å². The van der Waals surface area contributed by atoms with Crippen LogP contribution in [0.1, 0.15) is 30.3 Å². The molecule has 0 radical (unpaired) electrons. The van der Waals surface area contributed by atoms with Crippen LogP contribution < -0.4 is 10.5 Å². The van der Waals surface area contributed by atoms with Gasteiger partial charge in [-0.25, -0.2) is 5.14 Å². The van der Waals surface area contributed by atoms with Crippen molar-refractivity contribution in [2.45, 2.75) is 38.5 Å². The van der Waals surface area contributed by atoms with Crippen LogP contribution in [-0.2, 0) is 21.0 Å². The summed E-state index contributed by atoms with van der Waals surface area (Å²) < 4.78 is 33.8. The average molecular weight is 422 g/mol. The number of fused-ring (bicyclic) bond motifs is 1. The van der Waals surface area contributed by atoms with Crippen molar-refractivity contribution in [1.82, 2.24) is 19.9 Å².